The quantitative estimate of drug-likeness (QED) is 0.474. The largest absolute Gasteiger partial charge is 0.449 e. The van der Waals surface area contributed by atoms with Crippen molar-refractivity contribution in [2.45, 2.75) is 19.2 Å². The number of halogens is 4. The normalized spacial score (nSPS) is 12.6. The van der Waals surface area contributed by atoms with Gasteiger partial charge in [-0.25, -0.2) is 9.18 Å². The Morgan fingerprint density at radius 1 is 1.07 bits per heavy atom. The van der Waals surface area contributed by atoms with Crippen LogP contribution in [0.5, 0.6) is 0 Å². The van der Waals surface area contributed by atoms with Crippen molar-refractivity contribution in [1.82, 2.24) is 0 Å². The average Bonchev–Trinajstić information content (AvgIpc) is 2.61. The highest BCUT2D eigenvalue weighted by molar-refractivity contribution is 5.96. The molecular weight excluding hydrogens is 366 g/mol. The van der Waals surface area contributed by atoms with Crippen LogP contribution in [0.2, 0.25) is 0 Å². The number of hydrogen-bond acceptors (Lipinski definition) is 3. The summed E-state index contributed by atoms with van der Waals surface area (Å²) >= 11 is 0. The lowest BCUT2D eigenvalue weighted by molar-refractivity contribution is -0.148. The van der Waals surface area contributed by atoms with Gasteiger partial charge in [0.1, 0.15) is 5.82 Å². The van der Waals surface area contributed by atoms with Gasteiger partial charge in [-0.2, -0.15) is 13.2 Å². The number of ether oxygens (including phenoxy) is 1. The maximum absolute atomic E-state index is 13.5. The van der Waals surface area contributed by atoms with Crippen LogP contribution >= 0.6 is 0 Å². The predicted molar refractivity (Wildman–Crippen MR) is 91.1 cm³/mol. The second-order valence-corrected chi connectivity index (χ2v) is 5.50. The van der Waals surface area contributed by atoms with E-state index in [-0.39, 0.29) is 5.69 Å². The number of nitrogens with one attached hydrogen (secondary N) is 1. The third-order valence-electron chi connectivity index (χ3n) is 3.44. The number of amides is 1. The summed E-state index contributed by atoms with van der Waals surface area (Å²) < 4.78 is 55.8. The Morgan fingerprint density at radius 2 is 1.70 bits per heavy atom. The van der Waals surface area contributed by atoms with Gasteiger partial charge in [0, 0.05) is 6.08 Å². The maximum atomic E-state index is 13.5. The molecule has 0 unspecified atom stereocenters. The number of rotatable bonds is 5. The number of carbonyl (C=O) groups excluding carboxylic acids is 2. The highest BCUT2D eigenvalue weighted by Gasteiger charge is 2.29. The number of benzene rings is 2. The second-order valence-electron chi connectivity index (χ2n) is 5.50. The van der Waals surface area contributed by atoms with Gasteiger partial charge in [-0.05, 0) is 42.8 Å². The first-order valence-corrected chi connectivity index (χ1v) is 7.78. The third kappa shape index (κ3) is 5.95. The zero-order valence-corrected chi connectivity index (χ0v) is 14.1. The van der Waals surface area contributed by atoms with Crippen molar-refractivity contribution in [3.8, 4) is 0 Å². The summed E-state index contributed by atoms with van der Waals surface area (Å²) in [5.41, 5.74) is -0.505. The summed E-state index contributed by atoms with van der Waals surface area (Å²) in [5.74, 6) is -2.23. The number of alkyl halides is 3. The molecular formula is C19H15F4NO3. The Kier molecular flexibility index (Phi) is 6.33. The zero-order valence-electron chi connectivity index (χ0n) is 14.1. The molecule has 2 rings (SSSR count). The highest BCUT2D eigenvalue weighted by atomic mass is 19.4. The van der Waals surface area contributed by atoms with Gasteiger partial charge in [0.05, 0.1) is 11.3 Å². The van der Waals surface area contributed by atoms with E-state index in [4.69, 9.17) is 4.74 Å². The molecule has 0 bridgehead atoms. The van der Waals surface area contributed by atoms with Crippen LogP contribution in [0.3, 0.4) is 0 Å². The van der Waals surface area contributed by atoms with Gasteiger partial charge in [0.15, 0.2) is 6.10 Å². The zero-order chi connectivity index (χ0) is 20.0. The molecule has 0 saturated carbocycles. The summed E-state index contributed by atoms with van der Waals surface area (Å²) in [5, 5.41) is 2.29. The SMILES string of the molecule is C[C@H](OC(=O)/C=C/c1ccc(C(F)(F)F)cc1)C(=O)Nc1ccccc1F. The molecule has 0 saturated heterocycles. The molecule has 0 aliphatic rings. The van der Waals surface area contributed by atoms with Gasteiger partial charge in [-0.3, -0.25) is 4.79 Å². The standard InChI is InChI=1S/C19H15F4NO3/c1-12(18(26)24-16-5-3-2-4-15(16)20)27-17(25)11-8-13-6-9-14(10-7-13)19(21,22)23/h2-12H,1H3,(H,24,26)/b11-8+/t12-/m0/s1. The number of para-hydroxylation sites is 1. The molecule has 0 aliphatic heterocycles. The first-order chi connectivity index (χ1) is 12.7. The Labute approximate surface area is 152 Å². The summed E-state index contributed by atoms with van der Waals surface area (Å²) in [7, 11) is 0. The molecule has 8 heteroatoms. The van der Waals surface area contributed by atoms with Crippen LogP contribution in [0.15, 0.2) is 54.6 Å². The first-order valence-electron chi connectivity index (χ1n) is 7.78. The lowest BCUT2D eigenvalue weighted by atomic mass is 10.1. The molecule has 0 radical (unpaired) electrons. The van der Waals surface area contributed by atoms with Crippen LogP contribution in [-0.2, 0) is 20.5 Å². The Bertz CT molecular complexity index is 845. The highest BCUT2D eigenvalue weighted by Crippen LogP contribution is 2.29. The molecule has 0 aliphatic carbocycles. The van der Waals surface area contributed by atoms with Crippen LogP contribution in [-0.4, -0.2) is 18.0 Å². The fraction of sp³-hybridized carbons (Fsp3) is 0.158. The number of esters is 1. The van der Waals surface area contributed by atoms with Crippen molar-refractivity contribution >= 4 is 23.6 Å². The number of hydrogen-bond donors (Lipinski definition) is 1. The van der Waals surface area contributed by atoms with Crippen LogP contribution in [0.1, 0.15) is 18.1 Å². The molecule has 27 heavy (non-hydrogen) atoms. The molecule has 0 aromatic heterocycles. The van der Waals surface area contributed by atoms with E-state index in [1.165, 1.54) is 49.4 Å². The van der Waals surface area contributed by atoms with Crippen LogP contribution in [0.4, 0.5) is 23.2 Å². The van der Waals surface area contributed by atoms with Crippen molar-refractivity contribution < 1.29 is 31.9 Å². The Hall–Kier alpha value is -3.16. The monoisotopic (exact) mass is 381 g/mol. The summed E-state index contributed by atoms with van der Waals surface area (Å²) in [6, 6.07) is 9.67. The molecule has 0 heterocycles. The van der Waals surface area contributed by atoms with Crippen molar-refractivity contribution in [1.29, 1.82) is 0 Å². The van der Waals surface area contributed by atoms with E-state index in [1.54, 1.807) is 0 Å². The minimum absolute atomic E-state index is 0.0503. The van der Waals surface area contributed by atoms with Crippen molar-refractivity contribution in [3.63, 3.8) is 0 Å². The van der Waals surface area contributed by atoms with E-state index in [1.807, 2.05) is 0 Å². The lowest BCUT2D eigenvalue weighted by Gasteiger charge is -2.12. The third-order valence-corrected chi connectivity index (χ3v) is 3.44. The minimum Gasteiger partial charge on any atom is -0.449 e. The van der Waals surface area contributed by atoms with Gasteiger partial charge in [0.2, 0.25) is 0 Å². The molecule has 1 N–H and O–H groups in total. The second kappa shape index (κ2) is 8.48. The smallest absolute Gasteiger partial charge is 0.416 e. The van der Waals surface area contributed by atoms with Crippen molar-refractivity contribution in [2.75, 3.05) is 5.32 Å². The van der Waals surface area contributed by atoms with Gasteiger partial charge in [-0.1, -0.05) is 24.3 Å². The van der Waals surface area contributed by atoms with Crippen LogP contribution in [0.25, 0.3) is 6.08 Å². The molecule has 2 aromatic carbocycles. The molecule has 1 amide bonds. The van der Waals surface area contributed by atoms with Gasteiger partial charge >= 0.3 is 12.1 Å². The van der Waals surface area contributed by atoms with Crippen LogP contribution in [0, 0.1) is 5.82 Å². The summed E-state index contributed by atoms with van der Waals surface area (Å²) in [6.07, 6.45) is -3.41. The van der Waals surface area contributed by atoms with E-state index in [0.29, 0.717) is 5.56 Å². The molecule has 0 fully saturated rings. The lowest BCUT2D eigenvalue weighted by Crippen LogP contribution is -2.29. The van der Waals surface area contributed by atoms with Gasteiger partial charge in [0.25, 0.3) is 5.91 Å². The molecule has 142 valence electrons. The van der Waals surface area contributed by atoms with E-state index < -0.39 is 35.5 Å². The topological polar surface area (TPSA) is 55.4 Å². The summed E-state index contributed by atoms with van der Waals surface area (Å²) in [6.45, 7) is 1.31. The molecule has 0 spiro atoms. The summed E-state index contributed by atoms with van der Waals surface area (Å²) in [4.78, 5) is 23.7. The molecule has 1 atom stereocenters. The average molecular weight is 381 g/mol. The predicted octanol–water partition coefficient (Wildman–Crippen LogP) is 4.43. The van der Waals surface area contributed by atoms with Crippen LogP contribution < -0.4 is 5.32 Å². The van der Waals surface area contributed by atoms with E-state index >= 15 is 0 Å². The van der Waals surface area contributed by atoms with E-state index in [0.717, 1.165) is 18.2 Å². The van der Waals surface area contributed by atoms with E-state index in [9.17, 15) is 27.2 Å². The Morgan fingerprint density at radius 3 is 2.30 bits per heavy atom. The molecule has 2 aromatic rings. The first kappa shape index (κ1) is 20.2. The minimum atomic E-state index is -4.44. The number of anilines is 1. The fourth-order valence-corrected chi connectivity index (χ4v) is 2.01. The fourth-order valence-electron chi connectivity index (χ4n) is 2.01. The Balaban J connectivity index is 1.91. The number of carbonyl (C=O) groups is 2. The van der Waals surface area contributed by atoms with Crippen molar-refractivity contribution in [2.24, 2.45) is 0 Å². The van der Waals surface area contributed by atoms with Crippen molar-refractivity contribution in [3.05, 3.63) is 71.6 Å². The maximum Gasteiger partial charge on any atom is 0.416 e. The van der Waals surface area contributed by atoms with E-state index in [2.05, 4.69) is 5.32 Å². The van der Waals surface area contributed by atoms with Gasteiger partial charge in [-0.15, -0.1) is 0 Å². The molecule has 4 nitrogen and oxygen atoms in total. The van der Waals surface area contributed by atoms with Gasteiger partial charge < -0.3 is 10.1 Å².